The Kier molecular flexibility index (Phi) is 3.37. The zero-order chi connectivity index (χ0) is 13.2. The van der Waals surface area contributed by atoms with Crippen molar-refractivity contribution in [1.82, 2.24) is 0 Å². The first kappa shape index (κ1) is 12.4. The Hall–Kier alpha value is -1.63. The molecule has 0 amide bonds. The van der Waals surface area contributed by atoms with E-state index < -0.39 is 0 Å². The van der Waals surface area contributed by atoms with Gasteiger partial charge in [0.15, 0.2) is 6.20 Å². The lowest BCUT2D eigenvalue weighted by Gasteiger charge is -2.09. The molecular formula is C18H22N+. The van der Waals surface area contributed by atoms with Gasteiger partial charge in [0, 0.05) is 17.2 Å². The molecule has 1 aromatic heterocycles. The molecule has 0 unspecified atom stereocenters. The maximum atomic E-state index is 2.42. The van der Waals surface area contributed by atoms with Gasteiger partial charge in [-0.05, 0) is 49.8 Å². The first-order valence-electron chi connectivity index (χ1n) is 7.33. The first-order chi connectivity index (χ1) is 9.25. The number of hydrogen-bond donors (Lipinski definition) is 0. The fraction of sp³-hybridized carbons (Fsp3) is 0.389. The molecule has 98 valence electrons. The minimum atomic E-state index is 1.25. The van der Waals surface area contributed by atoms with Crippen LogP contribution in [-0.4, -0.2) is 0 Å². The van der Waals surface area contributed by atoms with Gasteiger partial charge in [-0.25, -0.2) is 4.57 Å². The van der Waals surface area contributed by atoms with E-state index in [1.807, 2.05) is 0 Å². The molecule has 1 aromatic carbocycles. The van der Waals surface area contributed by atoms with E-state index in [0.717, 1.165) is 0 Å². The van der Waals surface area contributed by atoms with Gasteiger partial charge in [0.25, 0.3) is 0 Å². The Bertz CT molecular complexity index is 599. The predicted octanol–water partition coefficient (Wildman–Crippen LogP) is 3.76. The second-order valence-corrected chi connectivity index (χ2v) is 5.70. The summed E-state index contributed by atoms with van der Waals surface area (Å²) in [6.07, 6.45) is 8.90. The van der Waals surface area contributed by atoms with Crippen molar-refractivity contribution in [2.24, 2.45) is 7.05 Å². The third-order valence-electron chi connectivity index (χ3n) is 4.27. The third kappa shape index (κ3) is 2.42. The van der Waals surface area contributed by atoms with Gasteiger partial charge in [0.2, 0.25) is 5.69 Å². The van der Waals surface area contributed by atoms with Crippen molar-refractivity contribution in [3.8, 4) is 11.3 Å². The molecular weight excluding hydrogens is 230 g/mol. The number of hydrogen-bond acceptors (Lipinski definition) is 0. The Balaban J connectivity index is 2.12. The molecule has 0 aliphatic heterocycles. The van der Waals surface area contributed by atoms with Crippen LogP contribution in [0.2, 0.25) is 0 Å². The molecule has 0 N–H and O–H groups in total. The van der Waals surface area contributed by atoms with Gasteiger partial charge in [-0.2, -0.15) is 0 Å². The highest BCUT2D eigenvalue weighted by Gasteiger charge is 2.18. The summed E-state index contributed by atoms with van der Waals surface area (Å²) in [5.74, 6) is 0. The van der Waals surface area contributed by atoms with Crippen LogP contribution < -0.4 is 4.57 Å². The van der Waals surface area contributed by atoms with Crippen LogP contribution in [0, 0.1) is 6.92 Å². The van der Waals surface area contributed by atoms with Crippen LogP contribution >= 0.6 is 0 Å². The lowest BCUT2D eigenvalue weighted by Crippen LogP contribution is -2.32. The van der Waals surface area contributed by atoms with Crippen molar-refractivity contribution in [1.29, 1.82) is 0 Å². The number of aryl methyl sites for hydroxylation is 4. The van der Waals surface area contributed by atoms with Gasteiger partial charge >= 0.3 is 0 Å². The molecule has 1 aliphatic carbocycles. The van der Waals surface area contributed by atoms with Crippen LogP contribution in [0.25, 0.3) is 11.3 Å². The fourth-order valence-electron chi connectivity index (χ4n) is 3.14. The maximum absolute atomic E-state index is 2.42. The highest BCUT2D eigenvalue weighted by atomic mass is 14.9. The van der Waals surface area contributed by atoms with Gasteiger partial charge < -0.3 is 0 Å². The zero-order valence-corrected chi connectivity index (χ0v) is 11.9. The topological polar surface area (TPSA) is 3.88 Å². The van der Waals surface area contributed by atoms with Crippen molar-refractivity contribution in [3.63, 3.8) is 0 Å². The van der Waals surface area contributed by atoms with Crippen LogP contribution in [-0.2, 0) is 19.9 Å². The lowest BCUT2D eigenvalue weighted by atomic mass is 9.99. The minimum Gasteiger partial charge on any atom is -0.201 e. The molecule has 0 saturated heterocycles. The van der Waals surface area contributed by atoms with Crippen molar-refractivity contribution in [2.75, 3.05) is 0 Å². The molecule has 0 spiro atoms. The van der Waals surface area contributed by atoms with Crippen LogP contribution in [0.1, 0.15) is 36.0 Å². The summed E-state index contributed by atoms with van der Waals surface area (Å²) in [6.45, 7) is 2.20. The number of nitrogens with zero attached hydrogens (tertiary/aromatic N) is 1. The van der Waals surface area contributed by atoms with Crippen molar-refractivity contribution < 1.29 is 4.57 Å². The van der Waals surface area contributed by atoms with Gasteiger partial charge in [-0.1, -0.05) is 24.6 Å². The zero-order valence-electron chi connectivity index (χ0n) is 11.9. The van der Waals surface area contributed by atoms with E-state index in [1.54, 1.807) is 11.1 Å². The molecule has 0 bridgehead atoms. The van der Waals surface area contributed by atoms with E-state index in [4.69, 9.17) is 0 Å². The van der Waals surface area contributed by atoms with Crippen LogP contribution in [0.15, 0.2) is 36.5 Å². The molecule has 3 rings (SSSR count). The summed E-state index contributed by atoms with van der Waals surface area (Å²) in [6, 6.07) is 11.1. The predicted molar refractivity (Wildman–Crippen MR) is 79.1 cm³/mol. The molecule has 0 atom stereocenters. The quantitative estimate of drug-likeness (QED) is 0.537. The fourth-order valence-corrected chi connectivity index (χ4v) is 3.14. The SMILES string of the molecule is Cc1ccccc1-c1cc2c(c[n+]1C)CCCCC2. The summed E-state index contributed by atoms with van der Waals surface area (Å²) < 4.78 is 2.30. The second kappa shape index (κ2) is 5.16. The number of pyridine rings is 1. The molecule has 0 fully saturated rings. The minimum absolute atomic E-state index is 1.25. The summed E-state index contributed by atoms with van der Waals surface area (Å²) in [7, 11) is 2.17. The third-order valence-corrected chi connectivity index (χ3v) is 4.27. The molecule has 1 heteroatoms. The molecule has 1 heterocycles. The van der Waals surface area contributed by atoms with Crippen molar-refractivity contribution in [2.45, 2.75) is 39.0 Å². The van der Waals surface area contributed by atoms with E-state index in [0.29, 0.717) is 0 Å². The Morgan fingerprint density at radius 3 is 2.47 bits per heavy atom. The summed E-state index contributed by atoms with van der Waals surface area (Å²) in [5.41, 5.74) is 7.17. The molecule has 2 aromatic rings. The number of rotatable bonds is 1. The Labute approximate surface area is 115 Å². The van der Waals surface area contributed by atoms with E-state index >= 15 is 0 Å². The molecule has 1 aliphatic rings. The van der Waals surface area contributed by atoms with E-state index in [-0.39, 0.29) is 0 Å². The van der Waals surface area contributed by atoms with Crippen LogP contribution in [0.3, 0.4) is 0 Å². The lowest BCUT2D eigenvalue weighted by molar-refractivity contribution is -0.660. The average molecular weight is 252 g/mol. The van der Waals surface area contributed by atoms with Crippen LogP contribution in [0.5, 0.6) is 0 Å². The number of aromatic nitrogens is 1. The van der Waals surface area contributed by atoms with Gasteiger partial charge in [-0.15, -0.1) is 0 Å². The summed E-state index contributed by atoms with van der Waals surface area (Å²) >= 11 is 0. The van der Waals surface area contributed by atoms with E-state index in [2.05, 4.69) is 55.1 Å². The summed E-state index contributed by atoms with van der Waals surface area (Å²) in [4.78, 5) is 0. The normalized spacial score (nSPS) is 14.8. The molecule has 1 nitrogen and oxygen atoms in total. The van der Waals surface area contributed by atoms with Gasteiger partial charge in [-0.3, -0.25) is 0 Å². The number of fused-ring (bicyclic) bond motifs is 1. The van der Waals surface area contributed by atoms with Crippen molar-refractivity contribution in [3.05, 3.63) is 53.2 Å². The average Bonchev–Trinajstić information content (AvgIpc) is 2.63. The van der Waals surface area contributed by atoms with E-state index in [1.165, 1.54) is 48.9 Å². The Morgan fingerprint density at radius 2 is 1.68 bits per heavy atom. The molecule has 0 saturated carbocycles. The van der Waals surface area contributed by atoms with Crippen molar-refractivity contribution >= 4 is 0 Å². The highest BCUT2D eigenvalue weighted by molar-refractivity contribution is 5.61. The standard InChI is InChI=1S/C18H22N/c1-14-8-6-7-11-17(14)18-12-15-9-4-3-5-10-16(15)13-19(18)2/h6-8,11-13H,3-5,9-10H2,1-2H3/q+1. The largest absolute Gasteiger partial charge is 0.212 e. The van der Waals surface area contributed by atoms with Crippen LogP contribution in [0.4, 0.5) is 0 Å². The Morgan fingerprint density at radius 1 is 0.947 bits per heavy atom. The maximum Gasteiger partial charge on any atom is 0.212 e. The van der Waals surface area contributed by atoms with E-state index in [9.17, 15) is 0 Å². The van der Waals surface area contributed by atoms with Gasteiger partial charge in [0.1, 0.15) is 7.05 Å². The monoisotopic (exact) mass is 252 g/mol. The molecule has 19 heavy (non-hydrogen) atoms. The smallest absolute Gasteiger partial charge is 0.201 e. The number of benzene rings is 1. The van der Waals surface area contributed by atoms with Gasteiger partial charge in [0.05, 0.1) is 0 Å². The first-order valence-corrected chi connectivity index (χ1v) is 7.33. The highest BCUT2D eigenvalue weighted by Crippen LogP contribution is 2.25. The second-order valence-electron chi connectivity index (χ2n) is 5.70. The summed E-state index contributed by atoms with van der Waals surface area (Å²) in [5, 5.41) is 0. The molecule has 0 radical (unpaired) electrons.